The summed E-state index contributed by atoms with van der Waals surface area (Å²) >= 11 is 1.77. The second kappa shape index (κ2) is 6.29. The Bertz CT molecular complexity index is 256. The molecule has 86 valence electrons. The molecule has 0 aliphatic carbocycles. The molecule has 1 aromatic rings. The van der Waals surface area contributed by atoms with Crippen LogP contribution < -0.4 is 5.73 Å². The Morgan fingerprint density at radius 3 is 2.67 bits per heavy atom. The number of hydrogen-bond acceptors (Lipinski definition) is 2. The van der Waals surface area contributed by atoms with Gasteiger partial charge in [0.25, 0.3) is 0 Å². The topological polar surface area (TPSA) is 26.0 Å². The Morgan fingerprint density at radius 2 is 2.13 bits per heavy atom. The molecule has 1 aromatic heterocycles. The summed E-state index contributed by atoms with van der Waals surface area (Å²) in [7, 11) is 0. The molecule has 0 fully saturated rings. The predicted molar refractivity (Wildman–Crippen MR) is 69.4 cm³/mol. The highest BCUT2D eigenvalue weighted by Crippen LogP contribution is 2.22. The molecule has 2 N–H and O–H groups in total. The Morgan fingerprint density at radius 1 is 1.33 bits per heavy atom. The van der Waals surface area contributed by atoms with E-state index in [9.17, 15) is 0 Å². The van der Waals surface area contributed by atoms with Crippen LogP contribution in [0.4, 0.5) is 0 Å². The number of nitrogens with two attached hydrogens (primary N) is 1. The molecule has 0 bridgehead atoms. The monoisotopic (exact) mass is 225 g/mol. The smallest absolute Gasteiger partial charge is 0.0154 e. The zero-order chi connectivity index (χ0) is 11.1. The van der Waals surface area contributed by atoms with Gasteiger partial charge in [0.1, 0.15) is 0 Å². The van der Waals surface area contributed by atoms with E-state index in [2.05, 4.69) is 30.7 Å². The van der Waals surface area contributed by atoms with Crippen molar-refractivity contribution in [3.05, 3.63) is 22.4 Å². The van der Waals surface area contributed by atoms with Crippen molar-refractivity contribution in [1.29, 1.82) is 0 Å². The molecule has 0 aromatic carbocycles. The van der Waals surface area contributed by atoms with Gasteiger partial charge in [0.2, 0.25) is 0 Å². The summed E-state index contributed by atoms with van der Waals surface area (Å²) in [6, 6.07) is 2.21. The van der Waals surface area contributed by atoms with Crippen molar-refractivity contribution in [2.45, 2.75) is 57.9 Å². The van der Waals surface area contributed by atoms with Gasteiger partial charge in [-0.2, -0.15) is 11.3 Å². The van der Waals surface area contributed by atoms with Gasteiger partial charge >= 0.3 is 0 Å². The summed E-state index contributed by atoms with van der Waals surface area (Å²) in [6.07, 6.45) is 7.03. The Balaban J connectivity index is 2.38. The second-order valence-corrected chi connectivity index (χ2v) is 5.23. The van der Waals surface area contributed by atoms with Gasteiger partial charge in [-0.05, 0) is 48.1 Å². The highest BCUT2D eigenvalue weighted by atomic mass is 32.1. The Hall–Kier alpha value is -0.340. The van der Waals surface area contributed by atoms with Crippen molar-refractivity contribution < 1.29 is 0 Å². The number of thiophene rings is 1. The van der Waals surface area contributed by atoms with E-state index >= 15 is 0 Å². The first-order chi connectivity index (χ1) is 7.20. The van der Waals surface area contributed by atoms with E-state index in [4.69, 9.17) is 5.73 Å². The summed E-state index contributed by atoms with van der Waals surface area (Å²) in [5.74, 6) is 0. The van der Waals surface area contributed by atoms with Gasteiger partial charge in [-0.1, -0.05) is 26.7 Å². The second-order valence-electron chi connectivity index (χ2n) is 4.45. The van der Waals surface area contributed by atoms with Crippen LogP contribution in [0.1, 0.15) is 51.5 Å². The molecule has 2 heteroatoms. The fraction of sp³-hybridized carbons (Fsp3) is 0.692. The molecule has 0 saturated carbocycles. The molecule has 0 aliphatic heterocycles. The lowest BCUT2D eigenvalue weighted by Gasteiger charge is -2.28. The van der Waals surface area contributed by atoms with Crippen LogP contribution in [0.2, 0.25) is 0 Å². The lowest BCUT2D eigenvalue weighted by atomic mass is 9.85. The maximum atomic E-state index is 6.40. The molecule has 1 unspecified atom stereocenters. The van der Waals surface area contributed by atoms with E-state index in [0.29, 0.717) is 0 Å². The van der Waals surface area contributed by atoms with Gasteiger partial charge in [-0.3, -0.25) is 0 Å². The Kier molecular flexibility index (Phi) is 5.34. The zero-order valence-corrected chi connectivity index (χ0v) is 10.8. The third-order valence-corrected chi connectivity index (χ3v) is 3.96. The highest BCUT2D eigenvalue weighted by Gasteiger charge is 2.21. The van der Waals surface area contributed by atoms with Gasteiger partial charge < -0.3 is 5.73 Å². The minimum atomic E-state index is 0.0674. The zero-order valence-electron chi connectivity index (χ0n) is 9.96. The number of rotatable bonds is 7. The highest BCUT2D eigenvalue weighted by molar-refractivity contribution is 7.07. The van der Waals surface area contributed by atoms with Crippen molar-refractivity contribution in [1.82, 2.24) is 0 Å². The van der Waals surface area contributed by atoms with Crippen LogP contribution in [-0.4, -0.2) is 5.54 Å². The van der Waals surface area contributed by atoms with E-state index < -0.39 is 0 Å². The Labute approximate surface area is 97.7 Å². The molecule has 1 nitrogen and oxygen atoms in total. The van der Waals surface area contributed by atoms with E-state index in [1.165, 1.54) is 24.8 Å². The fourth-order valence-electron chi connectivity index (χ4n) is 1.84. The molecule has 0 aliphatic rings. The number of aryl methyl sites for hydroxylation is 1. The van der Waals surface area contributed by atoms with Crippen molar-refractivity contribution in [3.63, 3.8) is 0 Å². The third-order valence-electron chi connectivity index (χ3n) is 3.22. The van der Waals surface area contributed by atoms with Crippen LogP contribution in [0.25, 0.3) is 0 Å². The lowest BCUT2D eigenvalue weighted by molar-refractivity contribution is 0.343. The summed E-state index contributed by atoms with van der Waals surface area (Å²) in [5.41, 5.74) is 7.92. The van der Waals surface area contributed by atoms with Crippen molar-refractivity contribution in [3.8, 4) is 0 Å². The van der Waals surface area contributed by atoms with Gasteiger partial charge in [0, 0.05) is 5.54 Å². The molecular formula is C13H23NS. The van der Waals surface area contributed by atoms with Crippen molar-refractivity contribution >= 4 is 11.3 Å². The SMILES string of the molecule is CCCCC(N)(CC)CCc1ccsc1. The minimum Gasteiger partial charge on any atom is -0.325 e. The molecule has 1 atom stereocenters. The van der Waals surface area contributed by atoms with Crippen LogP contribution in [0.3, 0.4) is 0 Å². The van der Waals surface area contributed by atoms with Crippen LogP contribution >= 0.6 is 11.3 Å². The summed E-state index contributed by atoms with van der Waals surface area (Å²) in [5, 5.41) is 4.38. The van der Waals surface area contributed by atoms with Gasteiger partial charge in [0.15, 0.2) is 0 Å². The molecule has 1 rings (SSSR count). The largest absolute Gasteiger partial charge is 0.325 e. The number of hydrogen-bond donors (Lipinski definition) is 1. The van der Waals surface area contributed by atoms with Crippen LogP contribution in [0, 0.1) is 0 Å². The van der Waals surface area contributed by atoms with Crippen molar-refractivity contribution in [2.75, 3.05) is 0 Å². The maximum Gasteiger partial charge on any atom is 0.0154 e. The van der Waals surface area contributed by atoms with Gasteiger partial charge in [-0.25, -0.2) is 0 Å². The summed E-state index contributed by atoms with van der Waals surface area (Å²) < 4.78 is 0. The van der Waals surface area contributed by atoms with E-state index in [0.717, 1.165) is 19.3 Å². The van der Waals surface area contributed by atoms with E-state index in [-0.39, 0.29) is 5.54 Å². The first kappa shape index (κ1) is 12.7. The van der Waals surface area contributed by atoms with Gasteiger partial charge in [-0.15, -0.1) is 0 Å². The predicted octanol–water partition coefficient (Wildman–Crippen LogP) is 3.98. The van der Waals surface area contributed by atoms with Crippen LogP contribution in [-0.2, 0) is 6.42 Å². The van der Waals surface area contributed by atoms with E-state index in [1.54, 1.807) is 11.3 Å². The molecule has 0 radical (unpaired) electrons. The molecule has 0 amide bonds. The number of unbranched alkanes of at least 4 members (excludes halogenated alkanes) is 1. The quantitative estimate of drug-likeness (QED) is 0.746. The molecule has 0 saturated heterocycles. The standard InChI is InChI=1S/C13H23NS/c1-3-5-8-13(14,4-2)9-6-12-7-10-15-11-12/h7,10-11H,3-6,8-9,14H2,1-2H3. The fourth-order valence-corrected chi connectivity index (χ4v) is 2.54. The maximum absolute atomic E-state index is 6.40. The average Bonchev–Trinajstić information content (AvgIpc) is 2.76. The molecular weight excluding hydrogens is 202 g/mol. The summed E-state index contributed by atoms with van der Waals surface area (Å²) in [4.78, 5) is 0. The summed E-state index contributed by atoms with van der Waals surface area (Å²) in [6.45, 7) is 4.44. The normalized spacial score (nSPS) is 15.1. The third kappa shape index (κ3) is 4.35. The van der Waals surface area contributed by atoms with Crippen molar-refractivity contribution in [2.24, 2.45) is 5.73 Å². The van der Waals surface area contributed by atoms with E-state index in [1.807, 2.05) is 0 Å². The lowest BCUT2D eigenvalue weighted by Crippen LogP contribution is -2.39. The molecule has 0 spiro atoms. The van der Waals surface area contributed by atoms with Crippen LogP contribution in [0.5, 0.6) is 0 Å². The molecule has 15 heavy (non-hydrogen) atoms. The molecule has 1 heterocycles. The average molecular weight is 225 g/mol. The van der Waals surface area contributed by atoms with Gasteiger partial charge in [0.05, 0.1) is 0 Å². The van der Waals surface area contributed by atoms with Crippen LogP contribution in [0.15, 0.2) is 16.8 Å². The first-order valence-electron chi connectivity index (χ1n) is 6.00. The minimum absolute atomic E-state index is 0.0674. The first-order valence-corrected chi connectivity index (χ1v) is 6.94.